The average molecular weight is 368 g/mol. The molecular formula is C21H22ClN3O. The van der Waals surface area contributed by atoms with E-state index >= 15 is 0 Å². The van der Waals surface area contributed by atoms with E-state index < -0.39 is 0 Å². The van der Waals surface area contributed by atoms with Crippen LogP contribution in [-0.4, -0.2) is 16.7 Å². The lowest BCUT2D eigenvalue weighted by Crippen LogP contribution is -2.15. The summed E-state index contributed by atoms with van der Waals surface area (Å²) in [7, 11) is 1.61. The van der Waals surface area contributed by atoms with E-state index in [1.54, 1.807) is 7.11 Å². The van der Waals surface area contributed by atoms with Crippen LogP contribution < -0.4 is 10.5 Å². The maximum atomic E-state index is 6.53. The third-order valence-corrected chi connectivity index (χ3v) is 6.60. The maximum Gasteiger partial charge on any atom is 0.142 e. The van der Waals surface area contributed by atoms with Crippen LogP contribution in [0.15, 0.2) is 36.7 Å². The molecule has 0 aliphatic heterocycles. The number of aromatic nitrogens is 2. The Morgan fingerprint density at radius 2 is 2.12 bits per heavy atom. The van der Waals surface area contributed by atoms with Crippen molar-refractivity contribution in [2.45, 2.75) is 31.7 Å². The van der Waals surface area contributed by atoms with E-state index in [1.807, 2.05) is 24.4 Å². The highest BCUT2D eigenvalue weighted by Crippen LogP contribution is 2.51. The highest BCUT2D eigenvalue weighted by molar-refractivity contribution is 6.32. The van der Waals surface area contributed by atoms with Gasteiger partial charge in [-0.3, -0.25) is 0 Å². The van der Waals surface area contributed by atoms with Crippen LogP contribution >= 0.6 is 11.6 Å². The lowest BCUT2D eigenvalue weighted by molar-refractivity contribution is 0.336. The Balaban J connectivity index is 1.57. The van der Waals surface area contributed by atoms with Gasteiger partial charge in [0, 0.05) is 29.4 Å². The Hall–Kier alpha value is -2.20. The fourth-order valence-electron chi connectivity index (χ4n) is 5.01. The summed E-state index contributed by atoms with van der Waals surface area (Å²) >= 11 is 6.29. The fraction of sp³-hybridized carbons (Fsp3) is 0.381. The Bertz CT molecular complexity index is 996. The number of methoxy groups -OCH3 is 1. The fourth-order valence-corrected chi connectivity index (χ4v) is 5.27. The lowest BCUT2D eigenvalue weighted by atomic mass is 9.95. The minimum absolute atomic E-state index is 0.573. The van der Waals surface area contributed by atoms with E-state index in [9.17, 15) is 0 Å². The molecule has 0 radical (unpaired) electrons. The molecule has 0 spiro atoms. The van der Waals surface area contributed by atoms with Gasteiger partial charge in [-0.15, -0.1) is 0 Å². The molecule has 2 aromatic heterocycles. The minimum Gasteiger partial charge on any atom is -0.495 e. The normalized spacial score (nSPS) is 24.5. The largest absolute Gasteiger partial charge is 0.495 e. The molecule has 3 aromatic rings. The third kappa shape index (κ3) is 2.32. The standard InChI is InChI=1S/C21H22ClN3O/c1-26-19-5-4-13(10-17(19)22)16-11-24-21-15(20(16)23)6-7-25(21)18-9-12-2-3-14(18)8-12/h4-7,10-12,14,18H,2-3,8-9H2,1H3,(H2,23,24). The van der Waals surface area contributed by atoms with Crippen molar-refractivity contribution in [2.75, 3.05) is 12.8 Å². The van der Waals surface area contributed by atoms with Crippen LogP contribution in [0.3, 0.4) is 0 Å². The van der Waals surface area contributed by atoms with Crippen LogP contribution in [-0.2, 0) is 0 Å². The van der Waals surface area contributed by atoms with Gasteiger partial charge in [-0.25, -0.2) is 4.98 Å². The van der Waals surface area contributed by atoms with Gasteiger partial charge in [-0.1, -0.05) is 24.1 Å². The van der Waals surface area contributed by atoms with Crippen LogP contribution in [0.4, 0.5) is 5.69 Å². The number of hydrogen-bond acceptors (Lipinski definition) is 3. The Morgan fingerprint density at radius 3 is 2.81 bits per heavy atom. The predicted octanol–water partition coefficient (Wildman–Crippen LogP) is 5.31. The molecule has 1 aromatic carbocycles. The Kier molecular flexibility index (Phi) is 3.64. The van der Waals surface area contributed by atoms with Crippen molar-refractivity contribution in [1.29, 1.82) is 0 Å². The first kappa shape index (κ1) is 16.0. The van der Waals surface area contributed by atoms with Gasteiger partial charge in [0.05, 0.1) is 17.8 Å². The summed E-state index contributed by atoms with van der Waals surface area (Å²) < 4.78 is 7.60. The predicted molar refractivity (Wildman–Crippen MR) is 106 cm³/mol. The minimum atomic E-state index is 0.573. The monoisotopic (exact) mass is 367 g/mol. The zero-order valence-corrected chi connectivity index (χ0v) is 15.5. The zero-order chi connectivity index (χ0) is 17.8. The summed E-state index contributed by atoms with van der Waals surface area (Å²) in [6, 6.07) is 8.41. The summed E-state index contributed by atoms with van der Waals surface area (Å²) in [4.78, 5) is 4.79. The molecule has 2 heterocycles. The second kappa shape index (κ2) is 5.92. The van der Waals surface area contributed by atoms with Gasteiger partial charge in [0.1, 0.15) is 11.4 Å². The molecule has 5 heteroatoms. The van der Waals surface area contributed by atoms with Crippen molar-refractivity contribution in [3.8, 4) is 16.9 Å². The Morgan fingerprint density at radius 1 is 1.23 bits per heavy atom. The van der Waals surface area contributed by atoms with Gasteiger partial charge in [-0.05, 0) is 54.9 Å². The summed E-state index contributed by atoms with van der Waals surface area (Å²) in [6.07, 6.45) is 9.46. The molecule has 2 fully saturated rings. The lowest BCUT2D eigenvalue weighted by Gasteiger charge is -2.24. The van der Waals surface area contributed by atoms with E-state index in [0.717, 1.165) is 39.7 Å². The summed E-state index contributed by atoms with van der Waals surface area (Å²) in [6.45, 7) is 0. The number of fused-ring (bicyclic) bond motifs is 3. The van der Waals surface area contributed by atoms with Crippen LogP contribution in [0.2, 0.25) is 5.02 Å². The molecule has 2 bridgehead atoms. The van der Waals surface area contributed by atoms with Gasteiger partial charge >= 0.3 is 0 Å². The summed E-state index contributed by atoms with van der Waals surface area (Å²) in [5.41, 5.74) is 10.2. The first-order chi connectivity index (χ1) is 12.7. The van der Waals surface area contributed by atoms with E-state index in [2.05, 4.69) is 16.8 Å². The number of nitrogens with zero attached hydrogens (tertiary/aromatic N) is 2. The number of ether oxygens (including phenoxy) is 1. The SMILES string of the molecule is COc1ccc(-c2cnc3c(ccn3C3CC4CCC3C4)c2N)cc1Cl. The first-order valence-corrected chi connectivity index (χ1v) is 9.62. The van der Waals surface area contributed by atoms with Crippen LogP contribution in [0.1, 0.15) is 31.7 Å². The van der Waals surface area contributed by atoms with Crippen molar-refractivity contribution in [3.05, 3.63) is 41.7 Å². The highest BCUT2D eigenvalue weighted by Gasteiger charge is 2.40. The number of hydrogen-bond donors (Lipinski definition) is 1. The van der Waals surface area contributed by atoms with Crippen LogP contribution in [0.25, 0.3) is 22.2 Å². The molecule has 0 saturated heterocycles. The number of nitrogen functional groups attached to an aromatic ring is 1. The van der Waals surface area contributed by atoms with Crippen molar-refractivity contribution in [3.63, 3.8) is 0 Å². The number of halogens is 1. The summed E-state index contributed by atoms with van der Waals surface area (Å²) in [5.74, 6) is 2.37. The molecule has 0 amide bonds. The number of benzene rings is 1. The van der Waals surface area contributed by atoms with Gasteiger partial charge in [0.25, 0.3) is 0 Å². The number of anilines is 1. The molecule has 2 aliphatic carbocycles. The average Bonchev–Trinajstić information content (AvgIpc) is 3.37. The number of pyridine rings is 1. The van der Waals surface area contributed by atoms with Crippen LogP contribution in [0.5, 0.6) is 5.75 Å². The molecule has 2 N–H and O–H groups in total. The van der Waals surface area contributed by atoms with Gasteiger partial charge < -0.3 is 15.0 Å². The number of rotatable bonds is 3. The molecule has 3 atom stereocenters. The third-order valence-electron chi connectivity index (χ3n) is 6.30. The molecular weight excluding hydrogens is 346 g/mol. The summed E-state index contributed by atoms with van der Waals surface area (Å²) in [5, 5.41) is 1.60. The van der Waals surface area contributed by atoms with E-state index in [4.69, 9.17) is 27.1 Å². The molecule has 4 nitrogen and oxygen atoms in total. The highest BCUT2D eigenvalue weighted by atomic mass is 35.5. The Labute approximate surface area is 157 Å². The van der Waals surface area contributed by atoms with Crippen LogP contribution in [0, 0.1) is 11.8 Å². The second-order valence-electron chi connectivity index (χ2n) is 7.64. The topological polar surface area (TPSA) is 53.1 Å². The molecule has 134 valence electrons. The van der Waals surface area contributed by atoms with Crippen molar-refractivity contribution in [1.82, 2.24) is 9.55 Å². The van der Waals surface area contributed by atoms with Crippen molar-refractivity contribution < 1.29 is 4.74 Å². The van der Waals surface area contributed by atoms with Crippen molar-refractivity contribution in [2.24, 2.45) is 11.8 Å². The van der Waals surface area contributed by atoms with Crippen molar-refractivity contribution >= 4 is 28.3 Å². The van der Waals surface area contributed by atoms with Gasteiger partial charge in [-0.2, -0.15) is 0 Å². The van der Waals surface area contributed by atoms with E-state index in [0.29, 0.717) is 16.8 Å². The zero-order valence-electron chi connectivity index (χ0n) is 14.8. The van der Waals surface area contributed by atoms with Gasteiger partial charge in [0.15, 0.2) is 0 Å². The number of nitrogens with two attached hydrogens (primary N) is 1. The first-order valence-electron chi connectivity index (χ1n) is 9.24. The molecule has 2 aliphatic rings. The quantitative estimate of drug-likeness (QED) is 0.682. The maximum absolute atomic E-state index is 6.53. The molecule has 5 rings (SSSR count). The smallest absolute Gasteiger partial charge is 0.142 e. The second-order valence-corrected chi connectivity index (χ2v) is 8.04. The van der Waals surface area contributed by atoms with E-state index in [1.165, 1.54) is 25.7 Å². The molecule has 26 heavy (non-hydrogen) atoms. The molecule has 2 saturated carbocycles. The molecule has 3 unspecified atom stereocenters. The van der Waals surface area contributed by atoms with E-state index in [-0.39, 0.29) is 0 Å². The van der Waals surface area contributed by atoms with Gasteiger partial charge in [0.2, 0.25) is 0 Å².